The number of anilines is 1. The van der Waals surface area contributed by atoms with E-state index >= 15 is 0 Å². The Labute approximate surface area is 154 Å². The third-order valence-electron chi connectivity index (χ3n) is 4.53. The molecule has 1 unspecified atom stereocenters. The van der Waals surface area contributed by atoms with Crippen molar-refractivity contribution in [2.24, 2.45) is 0 Å². The average Bonchev–Trinajstić information content (AvgIpc) is 2.99. The molecule has 1 heterocycles. The standard InChI is InChI=1S/C19H22ClN3S/c1-14-17(20)8-5-9-18(14)22-19(24)21-16-10-11-23(13-16)12-15-6-3-2-4-7-15/h2-9,16H,10-13H2,1H3,(H2,21,22,24)/p+1/t16-/m1/s1. The first-order valence-corrected chi connectivity index (χ1v) is 9.10. The number of halogens is 1. The largest absolute Gasteiger partial charge is 0.354 e. The van der Waals surface area contributed by atoms with Gasteiger partial charge in [0.2, 0.25) is 0 Å². The molecular weight excluding hydrogens is 338 g/mol. The molecule has 3 rings (SSSR count). The molecular formula is C19H23ClN3S+. The molecule has 2 atom stereocenters. The summed E-state index contributed by atoms with van der Waals surface area (Å²) in [5.74, 6) is 0. The van der Waals surface area contributed by atoms with Crippen LogP contribution in [0.5, 0.6) is 0 Å². The molecule has 0 aromatic heterocycles. The lowest BCUT2D eigenvalue weighted by molar-refractivity contribution is -0.901. The van der Waals surface area contributed by atoms with E-state index in [4.69, 9.17) is 23.8 Å². The SMILES string of the molecule is Cc1c(Cl)cccc1NC(=S)N[C@@H]1CC[NH+](Cc2ccccc2)C1. The summed E-state index contributed by atoms with van der Waals surface area (Å²) >= 11 is 11.6. The molecule has 1 aliphatic heterocycles. The van der Waals surface area contributed by atoms with E-state index < -0.39 is 0 Å². The van der Waals surface area contributed by atoms with Crippen LogP contribution in [0.2, 0.25) is 5.02 Å². The van der Waals surface area contributed by atoms with Gasteiger partial charge in [-0.25, -0.2) is 0 Å². The van der Waals surface area contributed by atoms with E-state index in [1.54, 1.807) is 4.90 Å². The summed E-state index contributed by atoms with van der Waals surface area (Å²) in [5, 5.41) is 8.14. The predicted octanol–water partition coefficient (Wildman–Crippen LogP) is 2.79. The van der Waals surface area contributed by atoms with E-state index in [-0.39, 0.29) is 0 Å². The molecule has 1 aliphatic rings. The molecule has 0 amide bonds. The van der Waals surface area contributed by atoms with E-state index in [9.17, 15) is 0 Å². The second-order valence-corrected chi connectivity index (χ2v) is 7.18. The second-order valence-electron chi connectivity index (χ2n) is 6.36. The molecule has 0 spiro atoms. The van der Waals surface area contributed by atoms with E-state index in [0.717, 1.165) is 35.8 Å². The first kappa shape index (κ1) is 17.2. The molecule has 5 heteroatoms. The quantitative estimate of drug-likeness (QED) is 0.732. The lowest BCUT2D eigenvalue weighted by Gasteiger charge is -2.17. The highest BCUT2D eigenvalue weighted by Gasteiger charge is 2.26. The number of likely N-dealkylation sites (tertiary alicyclic amines) is 1. The zero-order valence-corrected chi connectivity index (χ0v) is 15.4. The Balaban J connectivity index is 1.50. The highest BCUT2D eigenvalue weighted by molar-refractivity contribution is 7.80. The van der Waals surface area contributed by atoms with Gasteiger partial charge in [0.05, 0.1) is 19.1 Å². The van der Waals surface area contributed by atoms with E-state index in [1.807, 2.05) is 25.1 Å². The van der Waals surface area contributed by atoms with Crippen molar-refractivity contribution >= 4 is 34.6 Å². The molecule has 3 N–H and O–H groups in total. The molecule has 3 nitrogen and oxygen atoms in total. The Morgan fingerprint density at radius 2 is 2.00 bits per heavy atom. The number of quaternary nitrogens is 1. The molecule has 0 saturated carbocycles. The Morgan fingerprint density at radius 3 is 2.79 bits per heavy atom. The van der Waals surface area contributed by atoms with Crippen molar-refractivity contribution in [2.75, 3.05) is 18.4 Å². The van der Waals surface area contributed by atoms with Gasteiger partial charge in [0.1, 0.15) is 6.54 Å². The summed E-state index contributed by atoms with van der Waals surface area (Å²) in [6.07, 6.45) is 1.14. The van der Waals surface area contributed by atoms with Crippen LogP contribution in [0.1, 0.15) is 17.5 Å². The number of hydrogen-bond acceptors (Lipinski definition) is 1. The van der Waals surface area contributed by atoms with Gasteiger partial charge < -0.3 is 15.5 Å². The predicted molar refractivity (Wildman–Crippen MR) is 105 cm³/mol. The van der Waals surface area contributed by atoms with Crippen molar-refractivity contribution in [1.82, 2.24) is 5.32 Å². The summed E-state index contributed by atoms with van der Waals surface area (Å²) in [6, 6.07) is 16.9. The summed E-state index contributed by atoms with van der Waals surface area (Å²) in [7, 11) is 0. The van der Waals surface area contributed by atoms with Crippen LogP contribution in [0.25, 0.3) is 0 Å². The van der Waals surface area contributed by atoms with Crippen LogP contribution >= 0.6 is 23.8 Å². The average molecular weight is 361 g/mol. The van der Waals surface area contributed by atoms with Gasteiger partial charge in [0.25, 0.3) is 0 Å². The summed E-state index contributed by atoms with van der Waals surface area (Å²) in [5.41, 5.74) is 3.38. The molecule has 1 saturated heterocycles. The van der Waals surface area contributed by atoms with Crippen molar-refractivity contribution in [3.8, 4) is 0 Å². The van der Waals surface area contributed by atoms with Crippen LogP contribution < -0.4 is 15.5 Å². The lowest BCUT2D eigenvalue weighted by atomic mass is 10.2. The first-order valence-electron chi connectivity index (χ1n) is 8.32. The van der Waals surface area contributed by atoms with Crippen LogP contribution in [0.15, 0.2) is 48.5 Å². The van der Waals surface area contributed by atoms with Crippen molar-refractivity contribution in [1.29, 1.82) is 0 Å². The zero-order chi connectivity index (χ0) is 16.9. The highest BCUT2D eigenvalue weighted by atomic mass is 35.5. The first-order chi connectivity index (χ1) is 11.6. The minimum atomic E-state index is 0.420. The topological polar surface area (TPSA) is 28.5 Å². The molecule has 24 heavy (non-hydrogen) atoms. The highest BCUT2D eigenvalue weighted by Crippen LogP contribution is 2.22. The monoisotopic (exact) mass is 360 g/mol. The maximum absolute atomic E-state index is 6.16. The Hall–Kier alpha value is -1.62. The van der Waals surface area contributed by atoms with Crippen LogP contribution in [0, 0.1) is 6.92 Å². The van der Waals surface area contributed by atoms with Gasteiger partial charge in [0.15, 0.2) is 5.11 Å². The number of thiocarbonyl (C=S) groups is 1. The molecule has 126 valence electrons. The van der Waals surface area contributed by atoms with E-state index in [1.165, 1.54) is 12.1 Å². The fourth-order valence-electron chi connectivity index (χ4n) is 3.19. The number of benzene rings is 2. The Morgan fingerprint density at radius 1 is 1.21 bits per heavy atom. The van der Waals surface area contributed by atoms with Crippen LogP contribution in [-0.4, -0.2) is 24.2 Å². The molecule has 1 fully saturated rings. The minimum absolute atomic E-state index is 0.420. The molecule has 2 aromatic carbocycles. The van der Waals surface area contributed by atoms with Gasteiger partial charge in [0, 0.05) is 22.7 Å². The molecule has 0 bridgehead atoms. The van der Waals surface area contributed by atoms with Gasteiger partial charge in [-0.05, 0) is 36.8 Å². The van der Waals surface area contributed by atoms with Crippen LogP contribution in [-0.2, 0) is 6.54 Å². The summed E-state index contributed by atoms with van der Waals surface area (Å²) in [6.45, 7) is 5.33. The Kier molecular flexibility index (Phi) is 5.72. The van der Waals surface area contributed by atoms with Crippen molar-refractivity contribution in [2.45, 2.75) is 25.9 Å². The smallest absolute Gasteiger partial charge is 0.171 e. The normalized spacial score (nSPS) is 19.9. The third kappa shape index (κ3) is 4.47. The maximum atomic E-state index is 6.16. The van der Waals surface area contributed by atoms with Gasteiger partial charge in [-0.3, -0.25) is 0 Å². The molecule has 0 aliphatic carbocycles. The van der Waals surface area contributed by atoms with Crippen molar-refractivity contribution in [3.05, 3.63) is 64.7 Å². The number of hydrogen-bond donors (Lipinski definition) is 3. The fourth-order valence-corrected chi connectivity index (χ4v) is 3.64. The zero-order valence-electron chi connectivity index (χ0n) is 13.8. The Bertz CT molecular complexity index is 705. The minimum Gasteiger partial charge on any atom is -0.354 e. The second kappa shape index (κ2) is 7.97. The van der Waals surface area contributed by atoms with E-state index in [2.05, 4.69) is 41.0 Å². The van der Waals surface area contributed by atoms with Crippen molar-refractivity contribution in [3.63, 3.8) is 0 Å². The summed E-state index contributed by atoms with van der Waals surface area (Å²) < 4.78 is 0. The van der Waals surface area contributed by atoms with Gasteiger partial charge in [-0.2, -0.15) is 0 Å². The number of nitrogens with one attached hydrogen (secondary N) is 3. The maximum Gasteiger partial charge on any atom is 0.171 e. The van der Waals surface area contributed by atoms with Crippen LogP contribution in [0.3, 0.4) is 0 Å². The third-order valence-corrected chi connectivity index (χ3v) is 5.16. The van der Waals surface area contributed by atoms with Crippen molar-refractivity contribution < 1.29 is 4.90 Å². The van der Waals surface area contributed by atoms with Gasteiger partial charge >= 0.3 is 0 Å². The van der Waals surface area contributed by atoms with Gasteiger partial charge in [-0.1, -0.05) is 48.0 Å². The lowest BCUT2D eigenvalue weighted by Crippen LogP contribution is -3.09. The summed E-state index contributed by atoms with van der Waals surface area (Å²) in [4.78, 5) is 1.60. The van der Waals surface area contributed by atoms with Gasteiger partial charge in [-0.15, -0.1) is 0 Å². The van der Waals surface area contributed by atoms with Crippen LogP contribution in [0.4, 0.5) is 5.69 Å². The molecule has 2 aromatic rings. The fraction of sp³-hybridized carbons (Fsp3) is 0.316. The number of rotatable bonds is 4. The van der Waals surface area contributed by atoms with E-state index in [0.29, 0.717) is 11.2 Å². The molecule has 0 radical (unpaired) electrons.